The fourth-order valence-corrected chi connectivity index (χ4v) is 3.87. The standard InChI is InChI=1S/C16H19N3O2S/c1-10-12-14(17-8-7-11-5-3-2-4-6-11)18-9-19-15(12)22-13(10)16(20)21/h5,9H,2-4,6-8H2,1H3,(H,20,21)(H,17,18,19). The highest BCUT2D eigenvalue weighted by molar-refractivity contribution is 7.20. The van der Waals surface area contributed by atoms with Gasteiger partial charge in [-0.2, -0.15) is 0 Å². The Hall–Kier alpha value is -1.95. The van der Waals surface area contributed by atoms with E-state index in [0.717, 1.165) is 34.6 Å². The van der Waals surface area contributed by atoms with Gasteiger partial charge in [-0.15, -0.1) is 11.3 Å². The largest absolute Gasteiger partial charge is 0.477 e. The molecule has 0 aliphatic heterocycles. The third-order valence-electron chi connectivity index (χ3n) is 4.04. The summed E-state index contributed by atoms with van der Waals surface area (Å²) in [5.74, 6) is -0.165. The van der Waals surface area contributed by atoms with Crippen molar-refractivity contribution in [2.75, 3.05) is 11.9 Å². The van der Waals surface area contributed by atoms with E-state index >= 15 is 0 Å². The number of carboxylic acid groups (broad SMARTS) is 1. The van der Waals surface area contributed by atoms with Gasteiger partial charge < -0.3 is 10.4 Å². The van der Waals surface area contributed by atoms with Gasteiger partial charge in [0.15, 0.2) is 0 Å². The lowest BCUT2D eigenvalue weighted by molar-refractivity contribution is 0.0701. The summed E-state index contributed by atoms with van der Waals surface area (Å²) in [5, 5.41) is 13.4. The summed E-state index contributed by atoms with van der Waals surface area (Å²) in [4.78, 5) is 20.8. The molecule has 0 bridgehead atoms. The van der Waals surface area contributed by atoms with Gasteiger partial charge in [-0.25, -0.2) is 14.8 Å². The van der Waals surface area contributed by atoms with Crippen LogP contribution in [0.4, 0.5) is 5.82 Å². The molecule has 0 saturated heterocycles. The molecule has 116 valence electrons. The molecule has 0 unspecified atom stereocenters. The minimum Gasteiger partial charge on any atom is -0.477 e. The van der Waals surface area contributed by atoms with Crippen molar-refractivity contribution in [2.45, 2.75) is 39.0 Å². The number of thiophene rings is 1. The molecular formula is C16H19N3O2S. The summed E-state index contributed by atoms with van der Waals surface area (Å²) < 4.78 is 0. The van der Waals surface area contributed by atoms with Crippen molar-refractivity contribution in [3.63, 3.8) is 0 Å². The minimum absolute atomic E-state index is 0.341. The number of aromatic carboxylic acids is 1. The summed E-state index contributed by atoms with van der Waals surface area (Å²) >= 11 is 1.21. The molecule has 22 heavy (non-hydrogen) atoms. The van der Waals surface area contributed by atoms with E-state index in [2.05, 4.69) is 21.4 Å². The van der Waals surface area contributed by atoms with Gasteiger partial charge >= 0.3 is 5.97 Å². The zero-order valence-electron chi connectivity index (χ0n) is 12.6. The van der Waals surface area contributed by atoms with E-state index < -0.39 is 5.97 Å². The number of nitrogens with one attached hydrogen (secondary N) is 1. The number of anilines is 1. The van der Waals surface area contributed by atoms with Crippen molar-refractivity contribution in [3.05, 3.63) is 28.4 Å². The van der Waals surface area contributed by atoms with Gasteiger partial charge in [0.05, 0.1) is 5.39 Å². The van der Waals surface area contributed by atoms with Crippen molar-refractivity contribution >= 4 is 33.3 Å². The van der Waals surface area contributed by atoms with Crippen LogP contribution in [0.25, 0.3) is 10.2 Å². The number of allylic oxidation sites excluding steroid dienone is 1. The summed E-state index contributed by atoms with van der Waals surface area (Å²) in [6, 6.07) is 0. The molecule has 0 radical (unpaired) electrons. The van der Waals surface area contributed by atoms with Gasteiger partial charge in [-0.1, -0.05) is 11.6 Å². The van der Waals surface area contributed by atoms with Crippen LogP contribution in [-0.2, 0) is 0 Å². The molecule has 0 amide bonds. The maximum atomic E-state index is 11.3. The van der Waals surface area contributed by atoms with Crippen LogP contribution in [0.2, 0.25) is 0 Å². The van der Waals surface area contributed by atoms with Crippen LogP contribution in [0.5, 0.6) is 0 Å². The minimum atomic E-state index is -0.904. The highest BCUT2D eigenvalue weighted by atomic mass is 32.1. The fraction of sp³-hybridized carbons (Fsp3) is 0.438. The second-order valence-electron chi connectivity index (χ2n) is 5.55. The van der Waals surface area contributed by atoms with Crippen LogP contribution >= 0.6 is 11.3 Å². The second kappa shape index (κ2) is 6.44. The number of rotatable bonds is 5. The normalized spacial score (nSPS) is 14.9. The number of aromatic nitrogens is 2. The first-order valence-corrected chi connectivity index (χ1v) is 8.37. The Bertz CT molecular complexity index is 736. The molecule has 0 saturated carbocycles. The Morgan fingerprint density at radius 2 is 2.27 bits per heavy atom. The van der Waals surface area contributed by atoms with Gasteiger partial charge in [-0.3, -0.25) is 0 Å². The van der Waals surface area contributed by atoms with Crippen LogP contribution < -0.4 is 5.32 Å². The van der Waals surface area contributed by atoms with Crippen molar-refractivity contribution in [1.82, 2.24) is 9.97 Å². The first-order chi connectivity index (χ1) is 10.7. The number of hydrogen-bond donors (Lipinski definition) is 2. The van der Waals surface area contributed by atoms with Crippen LogP contribution in [0.1, 0.15) is 47.3 Å². The lowest BCUT2D eigenvalue weighted by atomic mass is 9.97. The molecule has 0 atom stereocenters. The number of nitrogens with zero attached hydrogens (tertiary/aromatic N) is 2. The zero-order chi connectivity index (χ0) is 15.5. The Kier molecular flexibility index (Phi) is 4.38. The van der Waals surface area contributed by atoms with Gasteiger partial charge in [0, 0.05) is 6.54 Å². The SMILES string of the molecule is Cc1c(C(=O)O)sc2ncnc(NCCC3=CCCCC3)c12. The van der Waals surface area contributed by atoms with E-state index in [-0.39, 0.29) is 0 Å². The van der Waals surface area contributed by atoms with Crippen LogP contribution in [0.3, 0.4) is 0 Å². The summed E-state index contributed by atoms with van der Waals surface area (Å²) in [6.07, 6.45) is 9.83. The molecule has 5 nitrogen and oxygen atoms in total. The zero-order valence-corrected chi connectivity index (χ0v) is 13.4. The Morgan fingerprint density at radius 1 is 1.41 bits per heavy atom. The number of fused-ring (bicyclic) bond motifs is 1. The third-order valence-corrected chi connectivity index (χ3v) is 5.23. The molecule has 3 rings (SSSR count). The Balaban J connectivity index is 1.78. The quantitative estimate of drug-likeness (QED) is 0.815. The predicted octanol–water partition coefficient (Wildman–Crippen LogP) is 4.00. The van der Waals surface area contributed by atoms with E-state index in [0.29, 0.717) is 4.88 Å². The molecule has 0 spiro atoms. The van der Waals surface area contributed by atoms with Crippen LogP contribution in [-0.4, -0.2) is 27.6 Å². The fourth-order valence-electron chi connectivity index (χ4n) is 2.88. The third kappa shape index (κ3) is 2.97. The average Bonchev–Trinajstić information content (AvgIpc) is 2.87. The molecular weight excluding hydrogens is 298 g/mol. The maximum Gasteiger partial charge on any atom is 0.346 e. The van der Waals surface area contributed by atoms with Gasteiger partial charge in [0.25, 0.3) is 0 Å². The van der Waals surface area contributed by atoms with Crippen molar-refractivity contribution < 1.29 is 9.90 Å². The predicted molar refractivity (Wildman–Crippen MR) is 88.8 cm³/mol. The summed E-state index contributed by atoms with van der Waals surface area (Å²) in [7, 11) is 0. The lowest BCUT2D eigenvalue weighted by Crippen LogP contribution is -2.06. The summed E-state index contributed by atoms with van der Waals surface area (Å²) in [6.45, 7) is 2.64. The maximum absolute atomic E-state index is 11.3. The highest BCUT2D eigenvalue weighted by Gasteiger charge is 2.18. The Labute approximate surface area is 133 Å². The molecule has 1 aliphatic carbocycles. The number of carboxylic acids is 1. The molecule has 2 N–H and O–H groups in total. The van der Waals surface area contributed by atoms with E-state index in [1.54, 1.807) is 0 Å². The number of hydrogen-bond acceptors (Lipinski definition) is 5. The molecule has 6 heteroatoms. The monoisotopic (exact) mass is 317 g/mol. The van der Waals surface area contributed by atoms with Crippen LogP contribution in [0.15, 0.2) is 18.0 Å². The molecule has 2 heterocycles. The molecule has 0 fully saturated rings. The summed E-state index contributed by atoms with van der Waals surface area (Å²) in [5.41, 5.74) is 2.25. The second-order valence-corrected chi connectivity index (χ2v) is 6.55. The molecule has 1 aliphatic rings. The van der Waals surface area contributed by atoms with Crippen molar-refractivity contribution in [1.29, 1.82) is 0 Å². The van der Waals surface area contributed by atoms with E-state index in [1.165, 1.54) is 48.9 Å². The van der Waals surface area contributed by atoms with E-state index in [9.17, 15) is 9.90 Å². The van der Waals surface area contributed by atoms with Gasteiger partial charge in [0.2, 0.25) is 0 Å². The lowest BCUT2D eigenvalue weighted by Gasteiger charge is -2.13. The smallest absolute Gasteiger partial charge is 0.346 e. The molecule has 2 aromatic heterocycles. The van der Waals surface area contributed by atoms with E-state index in [1.807, 2.05) is 6.92 Å². The van der Waals surface area contributed by atoms with Gasteiger partial charge in [-0.05, 0) is 44.6 Å². The van der Waals surface area contributed by atoms with Crippen molar-refractivity contribution in [2.24, 2.45) is 0 Å². The number of carbonyl (C=O) groups is 1. The molecule has 2 aromatic rings. The highest BCUT2D eigenvalue weighted by Crippen LogP contribution is 2.33. The number of aryl methyl sites for hydroxylation is 1. The van der Waals surface area contributed by atoms with Crippen molar-refractivity contribution in [3.8, 4) is 0 Å². The topological polar surface area (TPSA) is 75.1 Å². The Morgan fingerprint density at radius 3 is 3.00 bits per heavy atom. The first kappa shape index (κ1) is 15.0. The average molecular weight is 317 g/mol. The molecule has 0 aromatic carbocycles. The van der Waals surface area contributed by atoms with E-state index in [4.69, 9.17) is 0 Å². The van der Waals surface area contributed by atoms with Gasteiger partial charge in [0.1, 0.15) is 21.9 Å². The van der Waals surface area contributed by atoms with Crippen LogP contribution in [0, 0.1) is 6.92 Å². The first-order valence-electron chi connectivity index (χ1n) is 7.56.